The van der Waals surface area contributed by atoms with Crippen molar-refractivity contribution in [3.8, 4) is 12.1 Å². The van der Waals surface area contributed by atoms with Crippen molar-refractivity contribution in [2.45, 2.75) is 31.8 Å². The van der Waals surface area contributed by atoms with Crippen molar-refractivity contribution < 1.29 is 9.53 Å². The minimum atomic E-state index is -0.0375. The number of likely N-dealkylation sites (tertiary alicyclic amines) is 1. The second-order valence-corrected chi connectivity index (χ2v) is 9.54. The fourth-order valence-electron chi connectivity index (χ4n) is 5.28. The average Bonchev–Trinajstić information content (AvgIpc) is 3.35. The van der Waals surface area contributed by atoms with E-state index in [4.69, 9.17) is 14.7 Å². The number of aromatic nitrogens is 3. The number of fused-ring (bicyclic) bond motifs is 1. The number of nitrogens with zero attached hydrogens (tertiary/aromatic N) is 8. The van der Waals surface area contributed by atoms with Gasteiger partial charge in [0.2, 0.25) is 5.91 Å². The third kappa shape index (κ3) is 4.84. The zero-order valence-corrected chi connectivity index (χ0v) is 20.8. The lowest BCUT2D eigenvalue weighted by atomic mass is 10.0. The number of piperazine rings is 1. The van der Waals surface area contributed by atoms with Gasteiger partial charge < -0.3 is 24.3 Å². The van der Waals surface area contributed by atoms with Gasteiger partial charge in [0, 0.05) is 50.5 Å². The fraction of sp³-hybridized carbons (Fsp3) is 0.500. The van der Waals surface area contributed by atoms with E-state index < -0.39 is 0 Å². The van der Waals surface area contributed by atoms with Crippen LogP contribution in [0.5, 0.6) is 6.01 Å². The molecule has 0 bridgehead atoms. The first-order chi connectivity index (χ1) is 17.6. The number of carbonyl (C=O) groups excluding carboxylic acids is 1. The summed E-state index contributed by atoms with van der Waals surface area (Å²) in [4.78, 5) is 34.6. The summed E-state index contributed by atoms with van der Waals surface area (Å²) >= 11 is 0. The van der Waals surface area contributed by atoms with Gasteiger partial charge in [-0.05, 0) is 45.0 Å². The zero-order valence-electron chi connectivity index (χ0n) is 20.8. The van der Waals surface area contributed by atoms with E-state index >= 15 is 0 Å². The Morgan fingerprint density at radius 2 is 2.06 bits per heavy atom. The Labute approximate surface area is 211 Å². The zero-order chi connectivity index (χ0) is 25.1. The average molecular weight is 489 g/mol. The Morgan fingerprint density at radius 3 is 2.78 bits per heavy atom. The van der Waals surface area contributed by atoms with Crippen molar-refractivity contribution in [1.29, 1.82) is 5.26 Å². The van der Waals surface area contributed by atoms with Gasteiger partial charge in [0.1, 0.15) is 18.5 Å². The summed E-state index contributed by atoms with van der Waals surface area (Å²) in [7, 11) is 2.13. The van der Waals surface area contributed by atoms with Gasteiger partial charge in [-0.3, -0.25) is 9.78 Å². The predicted molar refractivity (Wildman–Crippen MR) is 136 cm³/mol. The molecule has 3 aliphatic rings. The molecule has 2 aromatic rings. The Bertz CT molecular complexity index is 1170. The van der Waals surface area contributed by atoms with E-state index in [0.29, 0.717) is 56.9 Å². The molecular weight excluding hydrogens is 456 g/mol. The van der Waals surface area contributed by atoms with Gasteiger partial charge in [-0.25, -0.2) is 0 Å². The summed E-state index contributed by atoms with van der Waals surface area (Å²) in [6, 6.07) is 4.77. The molecule has 0 N–H and O–H groups in total. The lowest BCUT2D eigenvalue weighted by molar-refractivity contribution is -0.126. The molecule has 3 aliphatic heterocycles. The number of carbonyl (C=O) groups is 1. The van der Waals surface area contributed by atoms with Crippen LogP contribution in [-0.2, 0) is 17.8 Å². The van der Waals surface area contributed by atoms with E-state index in [2.05, 4.69) is 39.4 Å². The molecule has 2 saturated heterocycles. The quantitative estimate of drug-likeness (QED) is 0.561. The summed E-state index contributed by atoms with van der Waals surface area (Å²) in [6.45, 7) is 9.18. The van der Waals surface area contributed by atoms with Crippen LogP contribution in [0.2, 0.25) is 0 Å². The number of likely N-dealkylation sites (N-methyl/N-ethyl adjacent to an activating group) is 1. The van der Waals surface area contributed by atoms with E-state index in [1.807, 2.05) is 4.90 Å². The Balaban J connectivity index is 1.42. The van der Waals surface area contributed by atoms with Crippen LogP contribution in [0, 0.1) is 11.3 Å². The highest BCUT2D eigenvalue weighted by Gasteiger charge is 2.30. The molecule has 0 unspecified atom stereocenters. The molecule has 0 saturated carbocycles. The molecule has 36 heavy (non-hydrogen) atoms. The number of hydrogen-bond acceptors (Lipinski definition) is 9. The van der Waals surface area contributed by atoms with Crippen LogP contribution >= 0.6 is 0 Å². The summed E-state index contributed by atoms with van der Waals surface area (Å²) in [5, 5.41) is 9.58. The number of rotatable bonds is 6. The first-order valence-corrected chi connectivity index (χ1v) is 12.6. The van der Waals surface area contributed by atoms with Crippen LogP contribution in [0.1, 0.15) is 29.7 Å². The fourth-order valence-corrected chi connectivity index (χ4v) is 5.28. The molecule has 5 heterocycles. The van der Waals surface area contributed by atoms with Crippen LogP contribution in [0.4, 0.5) is 11.5 Å². The van der Waals surface area contributed by atoms with Gasteiger partial charge in [0.05, 0.1) is 29.7 Å². The molecule has 0 aromatic carbocycles. The van der Waals surface area contributed by atoms with Crippen molar-refractivity contribution in [3.63, 3.8) is 0 Å². The molecule has 2 aromatic heterocycles. The number of ether oxygens (including phenoxy) is 1. The van der Waals surface area contributed by atoms with E-state index in [1.54, 1.807) is 18.5 Å². The molecule has 0 aliphatic carbocycles. The van der Waals surface area contributed by atoms with Gasteiger partial charge in [-0.15, -0.1) is 0 Å². The second-order valence-electron chi connectivity index (χ2n) is 9.54. The van der Waals surface area contributed by atoms with Crippen molar-refractivity contribution in [2.75, 3.05) is 62.7 Å². The molecule has 188 valence electrons. The summed E-state index contributed by atoms with van der Waals surface area (Å²) in [6.07, 6.45) is 7.80. The first-order valence-electron chi connectivity index (χ1n) is 12.6. The molecule has 10 heteroatoms. The molecule has 5 rings (SSSR count). The van der Waals surface area contributed by atoms with E-state index in [-0.39, 0.29) is 5.91 Å². The maximum Gasteiger partial charge on any atom is 0.318 e. The Hall–Kier alpha value is -3.71. The number of amides is 1. The van der Waals surface area contributed by atoms with Crippen molar-refractivity contribution in [1.82, 2.24) is 24.8 Å². The van der Waals surface area contributed by atoms with Gasteiger partial charge >= 0.3 is 6.01 Å². The van der Waals surface area contributed by atoms with E-state index in [9.17, 15) is 10.1 Å². The molecule has 0 spiro atoms. The molecule has 10 nitrogen and oxygen atoms in total. The third-order valence-corrected chi connectivity index (χ3v) is 7.43. The van der Waals surface area contributed by atoms with Crippen LogP contribution in [0.15, 0.2) is 31.1 Å². The maximum atomic E-state index is 12.1. The number of hydrogen-bond donors (Lipinski definition) is 0. The highest BCUT2D eigenvalue weighted by atomic mass is 16.5. The monoisotopic (exact) mass is 488 g/mol. The van der Waals surface area contributed by atoms with Gasteiger partial charge in [-0.1, -0.05) is 6.58 Å². The molecule has 0 radical (unpaired) electrons. The van der Waals surface area contributed by atoms with Crippen LogP contribution in [0.25, 0.3) is 0 Å². The van der Waals surface area contributed by atoms with Crippen LogP contribution in [0.3, 0.4) is 0 Å². The largest absolute Gasteiger partial charge is 0.462 e. The smallest absolute Gasteiger partial charge is 0.318 e. The lowest BCUT2D eigenvalue weighted by Crippen LogP contribution is -2.49. The highest BCUT2D eigenvalue weighted by molar-refractivity contribution is 5.87. The predicted octanol–water partition coefficient (Wildman–Crippen LogP) is 1.61. The van der Waals surface area contributed by atoms with E-state index in [0.717, 1.165) is 48.7 Å². The summed E-state index contributed by atoms with van der Waals surface area (Å²) < 4.78 is 6.17. The third-order valence-electron chi connectivity index (χ3n) is 7.43. The van der Waals surface area contributed by atoms with Crippen molar-refractivity contribution in [2.24, 2.45) is 0 Å². The maximum absolute atomic E-state index is 12.1. The molecule has 1 atom stereocenters. The Morgan fingerprint density at radius 1 is 1.22 bits per heavy atom. The summed E-state index contributed by atoms with van der Waals surface area (Å²) in [5.41, 5.74) is 3.45. The van der Waals surface area contributed by atoms with Gasteiger partial charge in [0.15, 0.2) is 0 Å². The minimum absolute atomic E-state index is 0.0375. The number of pyridine rings is 1. The molecule has 2 fully saturated rings. The second kappa shape index (κ2) is 10.5. The van der Waals surface area contributed by atoms with Crippen LogP contribution < -0.4 is 14.5 Å². The number of nitriles is 1. The first kappa shape index (κ1) is 24.0. The standard InChI is InChI=1S/C26H32N8O2/c1-3-24(35)32-11-13-33(14-12-32)25-21-7-10-34(23-16-28-8-6-19(23)15-27)17-22(21)29-26(30-25)36-18-20-5-4-9-31(20)2/h3,6,8,16,20H,1,4-5,7,9-14,17-18H2,2H3/t20-/m0/s1. The highest BCUT2D eigenvalue weighted by Crippen LogP contribution is 2.32. The lowest BCUT2D eigenvalue weighted by Gasteiger charge is -2.38. The van der Waals surface area contributed by atoms with Crippen molar-refractivity contribution in [3.05, 3.63) is 47.9 Å². The number of anilines is 2. The van der Waals surface area contributed by atoms with Crippen molar-refractivity contribution >= 4 is 17.4 Å². The van der Waals surface area contributed by atoms with E-state index in [1.165, 1.54) is 12.5 Å². The SMILES string of the molecule is C=CC(=O)N1CCN(c2nc(OC[C@@H]3CCCN3C)nc3c2CCN(c2cnccc2C#N)C3)CC1. The Kier molecular flexibility index (Phi) is 7.00. The molecular formula is C26H32N8O2. The van der Waals surface area contributed by atoms with Gasteiger partial charge in [-0.2, -0.15) is 15.2 Å². The van der Waals surface area contributed by atoms with Gasteiger partial charge in [0.25, 0.3) is 0 Å². The van der Waals surface area contributed by atoms with Crippen LogP contribution in [-0.4, -0.2) is 89.6 Å². The summed E-state index contributed by atoms with van der Waals surface area (Å²) in [5.74, 6) is 0.858. The topological polar surface area (TPSA) is 102 Å². The normalized spacial score (nSPS) is 20.1. The minimum Gasteiger partial charge on any atom is -0.462 e. The molecule has 1 amide bonds.